The summed E-state index contributed by atoms with van der Waals surface area (Å²) in [6.07, 6.45) is 1.79. The van der Waals surface area contributed by atoms with Crippen molar-refractivity contribution in [1.29, 1.82) is 0 Å². The first-order chi connectivity index (χ1) is 11.8. The van der Waals surface area contributed by atoms with E-state index in [2.05, 4.69) is 17.2 Å². The summed E-state index contributed by atoms with van der Waals surface area (Å²) in [4.78, 5) is 15.5. The molecule has 1 amide bonds. The molecule has 0 aliphatic carbocycles. The number of H-pyrrole nitrogens is 1. The average Bonchev–Trinajstić information content (AvgIpc) is 2.92. The normalized spacial score (nSPS) is 17.1. The molecule has 0 spiro atoms. The van der Waals surface area contributed by atoms with Gasteiger partial charge in [0.1, 0.15) is 5.69 Å². The molecule has 136 valence electrons. The number of aromatic nitrogens is 1. The van der Waals surface area contributed by atoms with Gasteiger partial charge in [0.15, 0.2) is 0 Å². The van der Waals surface area contributed by atoms with Crippen molar-refractivity contribution in [1.82, 2.24) is 14.6 Å². The van der Waals surface area contributed by atoms with Crippen LogP contribution in [0.3, 0.4) is 0 Å². The van der Waals surface area contributed by atoms with Gasteiger partial charge in [-0.3, -0.25) is 4.79 Å². The summed E-state index contributed by atoms with van der Waals surface area (Å²) in [6.45, 7) is 7.53. The Bertz CT molecular complexity index is 894. The number of aryl methyl sites for hydroxylation is 1. The smallest absolute Gasteiger partial charge is 0.267 e. The number of rotatable bonds is 4. The Balaban J connectivity index is 1.98. The highest BCUT2D eigenvalue weighted by Crippen LogP contribution is 2.28. The van der Waals surface area contributed by atoms with Crippen LogP contribution in [0, 0.1) is 12.8 Å². The molecule has 1 fully saturated rings. The van der Waals surface area contributed by atoms with Crippen molar-refractivity contribution in [3.8, 4) is 0 Å². The molecule has 0 unspecified atom stereocenters. The van der Waals surface area contributed by atoms with Crippen molar-refractivity contribution in [3.63, 3.8) is 0 Å². The highest BCUT2D eigenvalue weighted by Gasteiger charge is 2.28. The van der Waals surface area contributed by atoms with Gasteiger partial charge in [0.05, 0.1) is 4.90 Å². The third kappa shape index (κ3) is 3.30. The summed E-state index contributed by atoms with van der Waals surface area (Å²) in [5.74, 6) is 0.395. The maximum Gasteiger partial charge on any atom is 0.267 e. The third-order valence-corrected chi connectivity index (χ3v) is 6.87. The zero-order valence-corrected chi connectivity index (χ0v) is 15.7. The van der Waals surface area contributed by atoms with E-state index in [-0.39, 0.29) is 5.91 Å². The minimum absolute atomic E-state index is 0.175. The molecule has 2 aromatic rings. The van der Waals surface area contributed by atoms with Crippen LogP contribution in [0.5, 0.6) is 0 Å². The Kier molecular flexibility index (Phi) is 4.88. The van der Waals surface area contributed by atoms with E-state index >= 15 is 0 Å². The number of benzene rings is 1. The maximum absolute atomic E-state index is 12.9. The lowest BCUT2D eigenvalue weighted by molar-refractivity contribution is 0.0951. The molecule has 1 aliphatic heterocycles. The monoisotopic (exact) mass is 363 g/mol. The number of fused-ring (bicyclic) bond motifs is 1. The van der Waals surface area contributed by atoms with Crippen LogP contribution in [0.25, 0.3) is 10.9 Å². The summed E-state index contributed by atoms with van der Waals surface area (Å²) in [5.41, 5.74) is 2.02. The van der Waals surface area contributed by atoms with Crippen LogP contribution in [0.2, 0.25) is 0 Å². The summed E-state index contributed by atoms with van der Waals surface area (Å²) >= 11 is 0. The zero-order valence-electron chi connectivity index (χ0n) is 14.9. The second kappa shape index (κ2) is 6.80. The Labute approximate surface area is 148 Å². The summed E-state index contributed by atoms with van der Waals surface area (Å²) < 4.78 is 27.4. The zero-order chi connectivity index (χ0) is 18.2. The summed E-state index contributed by atoms with van der Waals surface area (Å²) in [7, 11) is -3.50. The number of amides is 1. The number of piperidine rings is 1. The molecule has 1 aliphatic rings. The fraction of sp³-hybridized carbons (Fsp3) is 0.500. The van der Waals surface area contributed by atoms with E-state index < -0.39 is 10.0 Å². The van der Waals surface area contributed by atoms with Crippen molar-refractivity contribution < 1.29 is 13.2 Å². The number of aromatic amines is 1. The number of sulfonamides is 1. The van der Waals surface area contributed by atoms with E-state index in [0.717, 1.165) is 29.3 Å². The van der Waals surface area contributed by atoms with Crippen molar-refractivity contribution in [2.75, 3.05) is 19.6 Å². The standard InChI is InChI=1S/C18H25N3O3S/c1-4-19-18(22)17-13(3)15-11-14(5-6-16(15)20-17)25(23,24)21-9-7-12(2)8-10-21/h5-6,11-12,20H,4,7-10H2,1-3H3,(H,19,22). The van der Waals surface area contributed by atoms with Crippen LogP contribution in [0.4, 0.5) is 0 Å². The first kappa shape index (κ1) is 17.9. The Morgan fingerprint density at radius 2 is 2.00 bits per heavy atom. The molecule has 6 nitrogen and oxygen atoms in total. The number of hydrogen-bond acceptors (Lipinski definition) is 3. The molecular formula is C18H25N3O3S. The average molecular weight is 363 g/mol. The van der Waals surface area contributed by atoms with Gasteiger partial charge in [0, 0.05) is 30.5 Å². The Morgan fingerprint density at radius 1 is 1.32 bits per heavy atom. The van der Waals surface area contributed by atoms with Gasteiger partial charge in [-0.2, -0.15) is 4.31 Å². The van der Waals surface area contributed by atoms with Gasteiger partial charge in [0.2, 0.25) is 10.0 Å². The number of nitrogens with zero attached hydrogens (tertiary/aromatic N) is 1. The Morgan fingerprint density at radius 3 is 2.64 bits per heavy atom. The molecule has 1 aromatic carbocycles. The second-order valence-corrected chi connectivity index (χ2v) is 8.72. The van der Waals surface area contributed by atoms with Crippen LogP contribution in [-0.4, -0.2) is 43.2 Å². The minimum Gasteiger partial charge on any atom is -0.351 e. The van der Waals surface area contributed by atoms with Gasteiger partial charge < -0.3 is 10.3 Å². The molecule has 1 saturated heterocycles. The molecule has 2 heterocycles. The molecule has 7 heteroatoms. The molecule has 0 saturated carbocycles. The van der Waals surface area contributed by atoms with Crippen LogP contribution in [0.1, 0.15) is 42.7 Å². The van der Waals surface area contributed by atoms with Gasteiger partial charge in [-0.15, -0.1) is 0 Å². The molecular weight excluding hydrogens is 338 g/mol. The largest absolute Gasteiger partial charge is 0.351 e. The maximum atomic E-state index is 12.9. The fourth-order valence-electron chi connectivity index (χ4n) is 3.32. The summed E-state index contributed by atoms with van der Waals surface area (Å²) in [6, 6.07) is 5.04. The summed E-state index contributed by atoms with van der Waals surface area (Å²) in [5, 5.41) is 3.54. The van der Waals surface area contributed by atoms with E-state index in [1.165, 1.54) is 0 Å². The number of nitrogens with one attached hydrogen (secondary N) is 2. The fourth-order valence-corrected chi connectivity index (χ4v) is 4.81. The first-order valence-corrected chi connectivity index (χ1v) is 10.2. The van der Waals surface area contributed by atoms with Gasteiger partial charge in [-0.25, -0.2) is 8.42 Å². The van der Waals surface area contributed by atoms with Crippen molar-refractivity contribution in [2.24, 2.45) is 5.92 Å². The first-order valence-electron chi connectivity index (χ1n) is 8.75. The van der Waals surface area contributed by atoms with E-state index in [1.54, 1.807) is 22.5 Å². The number of hydrogen-bond donors (Lipinski definition) is 2. The van der Waals surface area contributed by atoms with Crippen LogP contribution >= 0.6 is 0 Å². The molecule has 3 rings (SSSR count). The molecule has 0 bridgehead atoms. The van der Waals surface area contributed by atoms with Crippen LogP contribution < -0.4 is 5.32 Å². The van der Waals surface area contributed by atoms with Gasteiger partial charge in [-0.05, 0) is 56.4 Å². The lowest BCUT2D eigenvalue weighted by Gasteiger charge is -2.29. The molecule has 1 aromatic heterocycles. The molecule has 0 atom stereocenters. The molecule has 25 heavy (non-hydrogen) atoms. The van der Waals surface area contributed by atoms with E-state index in [9.17, 15) is 13.2 Å². The quantitative estimate of drug-likeness (QED) is 0.876. The SMILES string of the molecule is CCNC(=O)c1[nH]c2ccc(S(=O)(=O)N3CCC(C)CC3)cc2c1C. The van der Waals surface area contributed by atoms with Gasteiger partial charge >= 0.3 is 0 Å². The van der Waals surface area contributed by atoms with E-state index in [1.807, 2.05) is 13.8 Å². The Hall–Kier alpha value is -1.86. The van der Waals surface area contributed by atoms with Crippen molar-refractivity contribution in [2.45, 2.75) is 38.5 Å². The number of carbonyl (C=O) groups excluding carboxylic acids is 1. The lowest BCUT2D eigenvalue weighted by atomic mass is 10.0. The van der Waals surface area contributed by atoms with Gasteiger partial charge in [-0.1, -0.05) is 6.92 Å². The number of carbonyl (C=O) groups is 1. The van der Waals surface area contributed by atoms with Gasteiger partial charge in [0.25, 0.3) is 5.91 Å². The van der Waals surface area contributed by atoms with E-state index in [4.69, 9.17) is 0 Å². The van der Waals surface area contributed by atoms with Crippen molar-refractivity contribution in [3.05, 3.63) is 29.5 Å². The molecule has 0 radical (unpaired) electrons. The second-order valence-electron chi connectivity index (χ2n) is 6.78. The highest BCUT2D eigenvalue weighted by molar-refractivity contribution is 7.89. The predicted molar refractivity (Wildman–Crippen MR) is 98.2 cm³/mol. The highest BCUT2D eigenvalue weighted by atomic mass is 32.2. The van der Waals surface area contributed by atoms with Crippen LogP contribution in [0.15, 0.2) is 23.1 Å². The molecule has 2 N–H and O–H groups in total. The van der Waals surface area contributed by atoms with E-state index in [0.29, 0.717) is 36.1 Å². The lowest BCUT2D eigenvalue weighted by Crippen LogP contribution is -2.37. The third-order valence-electron chi connectivity index (χ3n) is 4.97. The topological polar surface area (TPSA) is 82.3 Å². The van der Waals surface area contributed by atoms with Crippen LogP contribution in [-0.2, 0) is 10.0 Å². The van der Waals surface area contributed by atoms with Crippen molar-refractivity contribution >= 4 is 26.8 Å². The predicted octanol–water partition coefficient (Wildman–Crippen LogP) is 2.65. The minimum atomic E-state index is -3.50.